The number of nitrogens with two attached hydrogens (primary N) is 1. The SMILES string of the molecule is NCC1(c2nc(-c3ccc(F)c(Cl)c3)no2)CCOCC1. The number of aromatic nitrogens is 2. The summed E-state index contributed by atoms with van der Waals surface area (Å²) in [5, 5.41) is 3.99. The molecule has 0 aliphatic carbocycles. The van der Waals surface area contributed by atoms with E-state index in [1.165, 1.54) is 12.1 Å². The van der Waals surface area contributed by atoms with Crippen molar-refractivity contribution in [3.8, 4) is 11.4 Å². The van der Waals surface area contributed by atoms with Crippen LogP contribution < -0.4 is 5.73 Å². The van der Waals surface area contributed by atoms with Crippen molar-refractivity contribution in [2.45, 2.75) is 18.3 Å². The molecule has 1 fully saturated rings. The molecule has 5 nitrogen and oxygen atoms in total. The van der Waals surface area contributed by atoms with Crippen LogP contribution in [0.5, 0.6) is 0 Å². The standard InChI is InChI=1S/C14H15ClFN3O2/c15-10-7-9(1-2-11(10)16)12-18-13(21-19-12)14(8-17)3-5-20-6-4-14/h1-2,7H,3-6,8,17H2. The zero-order valence-corrected chi connectivity index (χ0v) is 12.1. The lowest BCUT2D eigenvalue weighted by molar-refractivity contribution is 0.0409. The van der Waals surface area contributed by atoms with Crippen LogP contribution in [0.2, 0.25) is 5.02 Å². The summed E-state index contributed by atoms with van der Waals surface area (Å²) < 4.78 is 24.0. The summed E-state index contributed by atoms with van der Waals surface area (Å²) in [5.41, 5.74) is 6.18. The molecule has 2 aromatic rings. The zero-order valence-electron chi connectivity index (χ0n) is 11.3. The summed E-state index contributed by atoms with van der Waals surface area (Å²) in [6.07, 6.45) is 1.49. The molecule has 0 unspecified atom stereocenters. The number of rotatable bonds is 3. The fourth-order valence-corrected chi connectivity index (χ4v) is 2.64. The first-order chi connectivity index (χ1) is 10.1. The predicted molar refractivity (Wildman–Crippen MR) is 75.5 cm³/mol. The van der Waals surface area contributed by atoms with Gasteiger partial charge in [0.15, 0.2) is 0 Å². The minimum atomic E-state index is -0.480. The Bertz CT molecular complexity index is 641. The lowest BCUT2D eigenvalue weighted by atomic mass is 9.80. The maximum absolute atomic E-state index is 13.2. The second-order valence-corrected chi connectivity index (χ2v) is 5.56. The molecule has 1 aliphatic rings. The minimum Gasteiger partial charge on any atom is -0.381 e. The topological polar surface area (TPSA) is 74.2 Å². The van der Waals surface area contributed by atoms with Gasteiger partial charge in [0.2, 0.25) is 11.7 Å². The van der Waals surface area contributed by atoms with E-state index in [4.69, 9.17) is 26.6 Å². The van der Waals surface area contributed by atoms with Crippen LogP contribution in [0.15, 0.2) is 22.7 Å². The van der Waals surface area contributed by atoms with E-state index < -0.39 is 5.82 Å². The van der Waals surface area contributed by atoms with Crippen LogP contribution in [-0.4, -0.2) is 29.9 Å². The maximum atomic E-state index is 13.2. The van der Waals surface area contributed by atoms with E-state index in [0.29, 0.717) is 37.0 Å². The Morgan fingerprint density at radius 2 is 2.10 bits per heavy atom. The molecule has 1 aromatic carbocycles. The van der Waals surface area contributed by atoms with Gasteiger partial charge in [0.25, 0.3) is 0 Å². The summed E-state index contributed by atoms with van der Waals surface area (Å²) in [4.78, 5) is 4.42. The lowest BCUT2D eigenvalue weighted by Crippen LogP contribution is -2.40. The van der Waals surface area contributed by atoms with Gasteiger partial charge in [-0.25, -0.2) is 4.39 Å². The minimum absolute atomic E-state index is 0.0263. The Kier molecular flexibility index (Phi) is 3.93. The Morgan fingerprint density at radius 1 is 1.33 bits per heavy atom. The van der Waals surface area contributed by atoms with Crippen LogP contribution >= 0.6 is 11.6 Å². The van der Waals surface area contributed by atoms with Crippen LogP contribution in [0.1, 0.15) is 18.7 Å². The monoisotopic (exact) mass is 311 g/mol. The number of ether oxygens (including phenoxy) is 1. The number of nitrogens with zero attached hydrogens (tertiary/aromatic N) is 2. The van der Waals surface area contributed by atoms with Crippen LogP contribution in [0.4, 0.5) is 4.39 Å². The smallest absolute Gasteiger partial charge is 0.234 e. The molecule has 0 spiro atoms. The van der Waals surface area contributed by atoms with E-state index in [2.05, 4.69) is 10.1 Å². The summed E-state index contributed by atoms with van der Waals surface area (Å²) >= 11 is 5.78. The Balaban J connectivity index is 1.93. The van der Waals surface area contributed by atoms with Crippen molar-refractivity contribution in [3.05, 3.63) is 34.9 Å². The van der Waals surface area contributed by atoms with E-state index in [1.54, 1.807) is 6.07 Å². The predicted octanol–water partition coefficient (Wildman–Crippen LogP) is 2.54. The van der Waals surface area contributed by atoms with Crippen molar-refractivity contribution in [2.24, 2.45) is 5.73 Å². The van der Waals surface area contributed by atoms with Gasteiger partial charge in [-0.05, 0) is 31.0 Å². The van der Waals surface area contributed by atoms with Gasteiger partial charge in [-0.1, -0.05) is 16.8 Å². The number of benzene rings is 1. The lowest BCUT2D eigenvalue weighted by Gasteiger charge is -2.32. The normalized spacial score (nSPS) is 17.9. The van der Waals surface area contributed by atoms with Crippen LogP contribution in [0.25, 0.3) is 11.4 Å². The van der Waals surface area contributed by atoms with Crippen molar-refractivity contribution < 1.29 is 13.7 Å². The van der Waals surface area contributed by atoms with Crippen LogP contribution in [-0.2, 0) is 10.2 Å². The molecule has 0 amide bonds. The average Bonchev–Trinajstić information content (AvgIpc) is 3.01. The Morgan fingerprint density at radius 3 is 2.76 bits per heavy atom. The molecular weight excluding hydrogens is 297 g/mol. The van der Waals surface area contributed by atoms with Crippen LogP contribution in [0.3, 0.4) is 0 Å². The van der Waals surface area contributed by atoms with Gasteiger partial charge in [0, 0.05) is 25.3 Å². The molecule has 1 saturated heterocycles. The van der Waals surface area contributed by atoms with E-state index in [0.717, 1.165) is 12.8 Å². The number of hydrogen-bond acceptors (Lipinski definition) is 5. The third kappa shape index (κ3) is 2.66. The first-order valence-corrected chi connectivity index (χ1v) is 7.10. The summed E-state index contributed by atoms with van der Waals surface area (Å²) in [7, 11) is 0. The molecule has 0 atom stereocenters. The van der Waals surface area contributed by atoms with Gasteiger partial charge >= 0.3 is 0 Å². The van der Waals surface area contributed by atoms with E-state index >= 15 is 0 Å². The van der Waals surface area contributed by atoms with Crippen LogP contribution in [0, 0.1) is 5.82 Å². The van der Waals surface area contributed by atoms with E-state index in [-0.39, 0.29) is 10.4 Å². The van der Waals surface area contributed by atoms with Crippen molar-refractivity contribution in [3.63, 3.8) is 0 Å². The fraction of sp³-hybridized carbons (Fsp3) is 0.429. The zero-order chi connectivity index (χ0) is 14.9. The highest BCUT2D eigenvalue weighted by molar-refractivity contribution is 6.31. The van der Waals surface area contributed by atoms with Gasteiger partial charge < -0.3 is 15.0 Å². The molecule has 7 heteroatoms. The van der Waals surface area contributed by atoms with Crippen molar-refractivity contribution in [1.29, 1.82) is 0 Å². The quantitative estimate of drug-likeness (QED) is 0.943. The van der Waals surface area contributed by atoms with E-state index in [1.807, 2.05) is 0 Å². The molecule has 112 valence electrons. The third-order valence-corrected chi connectivity index (χ3v) is 4.19. The van der Waals surface area contributed by atoms with E-state index in [9.17, 15) is 4.39 Å². The molecule has 0 saturated carbocycles. The molecule has 1 aliphatic heterocycles. The molecule has 0 bridgehead atoms. The second kappa shape index (κ2) is 5.71. The van der Waals surface area contributed by atoms with Gasteiger partial charge in [-0.15, -0.1) is 0 Å². The fourth-order valence-electron chi connectivity index (χ4n) is 2.46. The molecule has 3 rings (SSSR count). The molecular formula is C14H15ClFN3O2. The van der Waals surface area contributed by atoms with Gasteiger partial charge in [-0.2, -0.15) is 4.98 Å². The Hall–Kier alpha value is -1.50. The van der Waals surface area contributed by atoms with Crippen molar-refractivity contribution in [2.75, 3.05) is 19.8 Å². The van der Waals surface area contributed by atoms with Gasteiger partial charge in [-0.3, -0.25) is 0 Å². The molecule has 2 heterocycles. The summed E-state index contributed by atoms with van der Waals surface area (Å²) in [6, 6.07) is 4.32. The second-order valence-electron chi connectivity index (χ2n) is 5.15. The van der Waals surface area contributed by atoms with Crippen molar-refractivity contribution >= 4 is 11.6 Å². The first-order valence-electron chi connectivity index (χ1n) is 6.72. The highest BCUT2D eigenvalue weighted by Gasteiger charge is 2.38. The van der Waals surface area contributed by atoms with Gasteiger partial charge in [0.05, 0.1) is 10.4 Å². The third-order valence-electron chi connectivity index (χ3n) is 3.90. The molecule has 0 radical (unpaired) electrons. The van der Waals surface area contributed by atoms with Gasteiger partial charge in [0.1, 0.15) is 5.82 Å². The highest BCUT2D eigenvalue weighted by Crippen LogP contribution is 2.34. The average molecular weight is 312 g/mol. The Labute approximate surface area is 126 Å². The highest BCUT2D eigenvalue weighted by atomic mass is 35.5. The molecule has 1 aromatic heterocycles. The number of hydrogen-bond donors (Lipinski definition) is 1. The molecule has 2 N–H and O–H groups in total. The molecule has 21 heavy (non-hydrogen) atoms. The summed E-state index contributed by atoms with van der Waals surface area (Å²) in [6.45, 7) is 1.66. The first kappa shape index (κ1) is 14.4. The number of halogens is 2. The summed E-state index contributed by atoms with van der Waals surface area (Å²) in [5.74, 6) is 0.405. The largest absolute Gasteiger partial charge is 0.381 e. The van der Waals surface area contributed by atoms with Crippen molar-refractivity contribution in [1.82, 2.24) is 10.1 Å². The maximum Gasteiger partial charge on any atom is 0.234 e.